The minimum atomic E-state index is 0. The maximum absolute atomic E-state index is 4.53. The summed E-state index contributed by atoms with van der Waals surface area (Å²) in [4.78, 5) is 4.53. The summed E-state index contributed by atoms with van der Waals surface area (Å²) in [5.41, 5.74) is 10.1. The molecule has 8 heteroatoms. The second kappa shape index (κ2) is 12.0. The summed E-state index contributed by atoms with van der Waals surface area (Å²) < 4.78 is 0. The normalized spacial score (nSPS) is 10.7. The zero-order valence-electron chi connectivity index (χ0n) is 12.2. The van der Waals surface area contributed by atoms with Crippen LogP contribution in [0.15, 0.2) is 22.3 Å². The van der Waals surface area contributed by atoms with Crippen molar-refractivity contribution in [1.82, 2.24) is 15.8 Å². The van der Waals surface area contributed by atoms with Gasteiger partial charge in [0.25, 0.3) is 0 Å². The van der Waals surface area contributed by atoms with Gasteiger partial charge in [0.1, 0.15) is 0 Å². The van der Waals surface area contributed by atoms with Gasteiger partial charge in [-0.05, 0) is 38.5 Å². The third-order valence-electron chi connectivity index (χ3n) is 2.27. The predicted octanol–water partition coefficient (Wildman–Crippen LogP) is -4.72. The molecule has 0 aliphatic carbocycles. The first-order chi connectivity index (χ1) is 8.08. The molecule has 0 bridgehead atoms. The van der Waals surface area contributed by atoms with Crippen molar-refractivity contribution in [2.45, 2.75) is 20.8 Å². The number of pyridine rings is 1. The molecule has 1 aromatic rings. The summed E-state index contributed by atoms with van der Waals surface area (Å²) in [7, 11) is 3.54. The van der Waals surface area contributed by atoms with Crippen molar-refractivity contribution >= 4 is 11.4 Å². The van der Waals surface area contributed by atoms with Crippen LogP contribution in [0.4, 0.5) is 0 Å². The van der Waals surface area contributed by atoms with E-state index in [1.165, 1.54) is 0 Å². The van der Waals surface area contributed by atoms with Crippen LogP contribution in [0.5, 0.6) is 0 Å². The zero-order valence-corrected chi connectivity index (χ0v) is 15.1. The van der Waals surface area contributed by atoms with Gasteiger partial charge < -0.3 is 35.7 Å². The van der Waals surface area contributed by atoms with Crippen LogP contribution < -0.4 is 35.7 Å². The number of hydrogen-bond acceptors (Lipinski definition) is 5. The molecule has 0 atom stereocenters. The molecule has 1 radical (unpaired) electrons. The van der Waals surface area contributed by atoms with Crippen molar-refractivity contribution in [2.75, 3.05) is 14.1 Å². The van der Waals surface area contributed by atoms with Crippen molar-refractivity contribution in [2.24, 2.45) is 10.2 Å². The van der Waals surface area contributed by atoms with Crippen molar-refractivity contribution in [3.8, 4) is 0 Å². The number of halogens is 2. The number of hydrogen-bond donors (Lipinski definition) is 2. The van der Waals surface area contributed by atoms with E-state index in [0.29, 0.717) is 0 Å². The Morgan fingerprint density at radius 3 is 1.60 bits per heavy atom. The summed E-state index contributed by atoms with van der Waals surface area (Å²) in [6.07, 6.45) is 0. The molecule has 0 amide bonds. The van der Waals surface area contributed by atoms with Crippen molar-refractivity contribution in [1.29, 1.82) is 0 Å². The number of nitrogens with one attached hydrogen (secondary N) is 2. The zero-order chi connectivity index (χ0) is 12.8. The van der Waals surface area contributed by atoms with Gasteiger partial charge in [-0.1, -0.05) is 0 Å². The SMILES string of the molecule is CNN=C(C)c1cc(C)cc(C(C)=NNC)n1.[Cl-].[Cl-].[V+2]. The van der Waals surface area contributed by atoms with E-state index >= 15 is 0 Å². The molecule has 0 aliphatic heterocycles. The summed E-state index contributed by atoms with van der Waals surface area (Å²) in [5, 5.41) is 8.26. The standard InChI is InChI=1S/C12H19N5.2ClH.V/c1-8-6-11(9(2)16-13-4)15-12(7-8)10(3)17-14-5;;;/h6-7,13-14H,1-5H3;2*1H;/q;;;+2/p-2. The Kier molecular flexibility index (Phi) is 14.6. The molecule has 1 rings (SSSR count). The maximum atomic E-state index is 4.53. The van der Waals surface area contributed by atoms with Crippen LogP contribution in [-0.2, 0) is 18.6 Å². The Labute approximate surface area is 144 Å². The Morgan fingerprint density at radius 1 is 0.950 bits per heavy atom. The quantitative estimate of drug-likeness (QED) is 0.422. The van der Waals surface area contributed by atoms with E-state index < -0.39 is 0 Å². The Balaban J connectivity index is -0.000000963. The van der Waals surface area contributed by atoms with E-state index in [9.17, 15) is 0 Å². The van der Waals surface area contributed by atoms with Gasteiger partial charge in [0.15, 0.2) is 0 Å². The fourth-order valence-corrected chi connectivity index (χ4v) is 1.49. The summed E-state index contributed by atoms with van der Waals surface area (Å²) in [6, 6.07) is 4.01. The summed E-state index contributed by atoms with van der Waals surface area (Å²) in [5.74, 6) is 0. The minimum Gasteiger partial charge on any atom is -1.00 e. The van der Waals surface area contributed by atoms with Crippen molar-refractivity contribution < 1.29 is 43.4 Å². The van der Waals surface area contributed by atoms with Crippen molar-refractivity contribution in [3.05, 3.63) is 29.1 Å². The fourth-order valence-electron chi connectivity index (χ4n) is 1.49. The molecule has 1 heterocycles. The molecule has 0 aromatic carbocycles. The number of aromatic nitrogens is 1. The van der Waals surface area contributed by atoms with E-state index in [1.54, 1.807) is 14.1 Å². The molecule has 0 unspecified atom stereocenters. The van der Waals surface area contributed by atoms with Crippen LogP contribution >= 0.6 is 0 Å². The summed E-state index contributed by atoms with van der Waals surface area (Å²) >= 11 is 0. The molecule has 5 nitrogen and oxygen atoms in total. The largest absolute Gasteiger partial charge is 2.00 e. The number of aryl methyl sites for hydroxylation is 1. The van der Waals surface area contributed by atoms with Crippen LogP contribution in [0.25, 0.3) is 0 Å². The topological polar surface area (TPSA) is 61.7 Å². The van der Waals surface area contributed by atoms with E-state index in [2.05, 4.69) is 26.0 Å². The van der Waals surface area contributed by atoms with Gasteiger partial charge in [-0.15, -0.1) is 0 Å². The first-order valence-corrected chi connectivity index (χ1v) is 5.50. The van der Waals surface area contributed by atoms with Gasteiger partial charge in [-0.3, -0.25) is 0 Å². The Morgan fingerprint density at radius 2 is 1.30 bits per heavy atom. The molecule has 0 fully saturated rings. The van der Waals surface area contributed by atoms with E-state index in [1.807, 2.05) is 32.9 Å². The summed E-state index contributed by atoms with van der Waals surface area (Å²) in [6.45, 7) is 5.88. The van der Waals surface area contributed by atoms with Crippen LogP contribution in [-0.4, -0.2) is 30.5 Å². The molecule has 0 saturated carbocycles. The van der Waals surface area contributed by atoms with E-state index in [4.69, 9.17) is 0 Å². The molecule has 1 aromatic heterocycles. The van der Waals surface area contributed by atoms with Gasteiger partial charge in [0, 0.05) is 14.1 Å². The number of nitrogens with zero attached hydrogens (tertiary/aromatic N) is 3. The second-order valence-corrected chi connectivity index (χ2v) is 3.76. The van der Waals surface area contributed by atoms with Crippen LogP contribution in [0.2, 0.25) is 0 Å². The average molecular weight is 355 g/mol. The molecule has 0 aliphatic rings. The number of hydrazone groups is 2. The molecule has 0 saturated heterocycles. The van der Waals surface area contributed by atoms with Gasteiger partial charge >= 0.3 is 18.6 Å². The van der Waals surface area contributed by atoms with E-state index in [0.717, 1.165) is 28.4 Å². The Hall–Kier alpha value is -0.746. The first kappa shape index (κ1) is 24.3. The van der Waals surface area contributed by atoms with Gasteiger partial charge in [0.2, 0.25) is 0 Å². The van der Waals surface area contributed by atoms with Gasteiger partial charge in [0.05, 0.1) is 22.8 Å². The minimum absolute atomic E-state index is 0. The molecular formula is C12H19Cl2N5V. The maximum Gasteiger partial charge on any atom is 2.00 e. The molecule has 0 spiro atoms. The fraction of sp³-hybridized carbons (Fsp3) is 0.417. The van der Waals surface area contributed by atoms with Crippen LogP contribution in [0.1, 0.15) is 30.8 Å². The number of rotatable bonds is 4. The molecule has 2 N–H and O–H groups in total. The molecular weight excluding hydrogens is 336 g/mol. The smallest absolute Gasteiger partial charge is 1.00 e. The Bertz CT molecular complexity index is 425. The third-order valence-corrected chi connectivity index (χ3v) is 2.27. The van der Waals surface area contributed by atoms with Crippen LogP contribution in [0, 0.1) is 6.92 Å². The molecule has 20 heavy (non-hydrogen) atoms. The second-order valence-electron chi connectivity index (χ2n) is 3.76. The third kappa shape index (κ3) is 7.15. The van der Waals surface area contributed by atoms with Gasteiger partial charge in [-0.25, -0.2) is 4.98 Å². The van der Waals surface area contributed by atoms with E-state index in [-0.39, 0.29) is 43.4 Å². The molecule has 111 valence electrons. The van der Waals surface area contributed by atoms with Gasteiger partial charge in [-0.2, -0.15) is 10.2 Å². The average Bonchev–Trinajstić information content (AvgIpc) is 2.29. The first-order valence-electron chi connectivity index (χ1n) is 5.50. The van der Waals surface area contributed by atoms with Crippen molar-refractivity contribution in [3.63, 3.8) is 0 Å². The monoisotopic (exact) mass is 354 g/mol. The van der Waals surface area contributed by atoms with Crippen LogP contribution in [0.3, 0.4) is 0 Å². The predicted molar refractivity (Wildman–Crippen MR) is 71.5 cm³/mol.